The maximum Gasteiger partial charge on any atom is 0.0320 e. The first-order valence-corrected chi connectivity index (χ1v) is 8.40. The van der Waals surface area contributed by atoms with Crippen molar-refractivity contribution in [1.29, 1.82) is 0 Å². The molecule has 1 nitrogen and oxygen atoms in total. The highest BCUT2D eigenvalue weighted by molar-refractivity contribution is 9.10. The van der Waals surface area contributed by atoms with Crippen LogP contribution in [0.1, 0.15) is 49.3 Å². The largest absolute Gasteiger partial charge is 0.313 e. The van der Waals surface area contributed by atoms with Crippen LogP contribution in [0.2, 0.25) is 0 Å². The van der Waals surface area contributed by atoms with Crippen LogP contribution in [0, 0.1) is 24.7 Å². The van der Waals surface area contributed by atoms with Crippen LogP contribution < -0.4 is 5.32 Å². The van der Waals surface area contributed by atoms with Gasteiger partial charge < -0.3 is 5.32 Å². The van der Waals surface area contributed by atoms with Crippen LogP contribution in [0.15, 0.2) is 22.7 Å². The Morgan fingerprint density at radius 2 is 2.16 bits per heavy atom. The Morgan fingerprint density at radius 3 is 2.74 bits per heavy atom. The van der Waals surface area contributed by atoms with Gasteiger partial charge >= 0.3 is 0 Å². The number of benzene rings is 1. The van der Waals surface area contributed by atoms with Crippen LogP contribution in [-0.2, 0) is 0 Å². The Morgan fingerprint density at radius 1 is 1.32 bits per heavy atom. The average Bonchev–Trinajstić information content (AvgIpc) is 3.01. The lowest BCUT2D eigenvalue weighted by Crippen LogP contribution is -2.22. The molecule has 1 aromatic carbocycles. The molecule has 0 spiro atoms. The fraction of sp³-hybridized carbons (Fsp3) is 0.647. The quantitative estimate of drug-likeness (QED) is 0.836. The molecule has 2 aliphatic carbocycles. The summed E-state index contributed by atoms with van der Waals surface area (Å²) in [5.41, 5.74) is 2.75. The van der Waals surface area contributed by atoms with Gasteiger partial charge in [-0.05, 0) is 74.6 Å². The van der Waals surface area contributed by atoms with Crippen LogP contribution in [0.5, 0.6) is 0 Å². The minimum absolute atomic E-state index is 0.515. The van der Waals surface area contributed by atoms with Crippen LogP contribution in [0.3, 0.4) is 0 Å². The smallest absolute Gasteiger partial charge is 0.0320 e. The lowest BCUT2D eigenvalue weighted by molar-refractivity contribution is 0.284. The van der Waals surface area contributed by atoms with E-state index in [4.69, 9.17) is 0 Å². The highest BCUT2D eigenvalue weighted by Crippen LogP contribution is 2.50. The summed E-state index contributed by atoms with van der Waals surface area (Å²) in [5.74, 6) is 3.03. The predicted molar refractivity (Wildman–Crippen MR) is 84.2 cm³/mol. The molecule has 1 N–H and O–H groups in total. The Bertz CT molecular complexity index is 457. The number of rotatable bonds is 4. The average molecular weight is 322 g/mol. The molecule has 19 heavy (non-hydrogen) atoms. The fourth-order valence-corrected chi connectivity index (χ4v) is 4.61. The fourth-order valence-electron chi connectivity index (χ4n) is 4.21. The summed E-state index contributed by atoms with van der Waals surface area (Å²) in [6, 6.07) is 7.32. The van der Waals surface area contributed by atoms with E-state index < -0.39 is 0 Å². The van der Waals surface area contributed by atoms with Crippen molar-refractivity contribution >= 4 is 15.9 Å². The molecule has 0 aliphatic heterocycles. The maximum absolute atomic E-state index is 3.66. The third kappa shape index (κ3) is 2.75. The summed E-state index contributed by atoms with van der Waals surface area (Å²) >= 11 is 3.66. The number of hydrogen-bond acceptors (Lipinski definition) is 1. The molecular weight excluding hydrogens is 298 g/mol. The third-order valence-corrected chi connectivity index (χ3v) is 6.22. The van der Waals surface area contributed by atoms with Gasteiger partial charge in [0.05, 0.1) is 0 Å². The van der Waals surface area contributed by atoms with Crippen LogP contribution in [0.25, 0.3) is 0 Å². The zero-order valence-corrected chi connectivity index (χ0v) is 13.5. The van der Waals surface area contributed by atoms with Crippen molar-refractivity contribution in [2.45, 2.75) is 45.1 Å². The molecule has 0 heterocycles. The van der Waals surface area contributed by atoms with E-state index in [2.05, 4.69) is 53.4 Å². The summed E-state index contributed by atoms with van der Waals surface area (Å²) in [6.07, 6.45) is 7.30. The molecule has 2 bridgehead atoms. The van der Waals surface area contributed by atoms with Gasteiger partial charge in [0.1, 0.15) is 0 Å². The van der Waals surface area contributed by atoms with Crippen molar-refractivity contribution in [2.24, 2.45) is 17.8 Å². The van der Waals surface area contributed by atoms with E-state index in [1.54, 1.807) is 0 Å². The molecule has 0 saturated heterocycles. The van der Waals surface area contributed by atoms with Crippen molar-refractivity contribution in [2.75, 3.05) is 7.05 Å². The van der Waals surface area contributed by atoms with Crippen molar-refractivity contribution in [3.63, 3.8) is 0 Å². The minimum Gasteiger partial charge on any atom is -0.313 e. The van der Waals surface area contributed by atoms with Crippen LogP contribution in [0.4, 0.5) is 0 Å². The second-order valence-electron chi connectivity index (χ2n) is 6.52. The lowest BCUT2D eigenvalue weighted by atomic mass is 9.83. The maximum atomic E-state index is 3.66. The van der Waals surface area contributed by atoms with Gasteiger partial charge in [0.25, 0.3) is 0 Å². The summed E-state index contributed by atoms with van der Waals surface area (Å²) in [4.78, 5) is 0. The number of aryl methyl sites for hydroxylation is 1. The summed E-state index contributed by atoms with van der Waals surface area (Å²) in [6.45, 7) is 2.15. The number of fused-ring (bicyclic) bond motifs is 2. The zero-order valence-electron chi connectivity index (χ0n) is 12.0. The van der Waals surface area contributed by atoms with Gasteiger partial charge in [-0.2, -0.15) is 0 Å². The lowest BCUT2D eigenvalue weighted by Gasteiger charge is -2.27. The van der Waals surface area contributed by atoms with Crippen molar-refractivity contribution in [3.05, 3.63) is 33.8 Å². The molecule has 2 fully saturated rings. The number of halogens is 1. The second kappa shape index (κ2) is 5.57. The Balaban J connectivity index is 1.71. The molecule has 2 heteroatoms. The molecule has 0 amide bonds. The van der Waals surface area contributed by atoms with Crippen molar-refractivity contribution in [3.8, 4) is 0 Å². The molecular formula is C17H24BrN. The third-order valence-electron chi connectivity index (χ3n) is 5.37. The molecule has 2 saturated carbocycles. The highest BCUT2D eigenvalue weighted by Gasteiger charge is 2.40. The summed E-state index contributed by atoms with van der Waals surface area (Å²) in [5, 5.41) is 3.53. The highest BCUT2D eigenvalue weighted by atomic mass is 79.9. The van der Waals surface area contributed by atoms with Gasteiger partial charge in [0.15, 0.2) is 0 Å². The van der Waals surface area contributed by atoms with E-state index in [1.807, 2.05) is 0 Å². The van der Waals surface area contributed by atoms with Gasteiger partial charge in [-0.3, -0.25) is 0 Å². The van der Waals surface area contributed by atoms with Crippen LogP contribution >= 0.6 is 15.9 Å². The monoisotopic (exact) mass is 321 g/mol. The van der Waals surface area contributed by atoms with E-state index >= 15 is 0 Å². The molecule has 0 aromatic heterocycles. The Kier molecular flexibility index (Phi) is 4.00. The molecule has 3 rings (SSSR count). The van der Waals surface area contributed by atoms with Gasteiger partial charge in [-0.1, -0.05) is 34.5 Å². The van der Waals surface area contributed by atoms with Crippen molar-refractivity contribution in [1.82, 2.24) is 5.32 Å². The molecule has 4 atom stereocenters. The standard InChI is InChI=1S/C17H24BrN/c1-11-3-5-14(9-16(11)18)17(19-2)10-15-8-12-4-6-13(15)7-12/h3,5,9,12-13,15,17,19H,4,6-8,10H2,1-2H3. The van der Waals surface area contributed by atoms with E-state index in [9.17, 15) is 0 Å². The first-order chi connectivity index (χ1) is 9.17. The van der Waals surface area contributed by atoms with E-state index in [0.717, 1.165) is 17.8 Å². The van der Waals surface area contributed by atoms with Gasteiger partial charge in [0, 0.05) is 10.5 Å². The molecule has 2 aliphatic rings. The summed E-state index contributed by atoms with van der Waals surface area (Å²) < 4.78 is 1.23. The van der Waals surface area contributed by atoms with Gasteiger partial charge in [-0.25, -0.2) is 0 Å². The van der Waals surface area contributed by atoms with Crippen LogP contribution in [-0.4, -0.2) is 7.05 Å². The molecule has 0 radical (unpaired) electrons. The normalized spacial score (nSPS) is 30.8. The first-order valence-electron chi connectivity index (χ1n) is 7.60. The SMILES string of the molecule is CNC(CC1CC2CCC1C2)c1ccc(C)c(Br)c1. The zero-order chi connectivity index (χ0) is 13.4. The predicted octanol–water partition coefficient (Wildman–Crippen LogP) is 4.84. The number of nitrogens with one attached hydrogen (secondary N) is 1. The molecule has 104 valence electrons. The molecule has 4 unspecified atom stereocenters. The minimum atomic E-state index is 0.515. The van der Waals surface area contributed by atoms with Gasteiger partial charge in [0.2, 0.25) is 0 Å². The topological polar surface area (TPSA) is 12.0 Å². The van der Waals surface area contributed by atoms with E-state index in [0.29, 0.717) is 6.04 Å². The summed E-state index contributed by atoms with van der Waals surface area (Å²) in [7, 11) is 2.10. The first kappa shape index (κ1) is 13.6. The second-order valence-corrected chi connectivity index (χ2v) is 7.37. The Hall–Kier alpha value is -0.340. The van der Waals surface area contributed by atoms with E-state index in [1.165, 1.54) is 47.7 Å². The van der Waals surface area contributed by atoms with Gasteiger partial charge in [-0.15, -0.1) is 0 Å². The number of hydrogen-bond donors (Lipinski definition) is 1. The Labute approximate surface area is 125 Å². The van der Waals surface area contributed by atoms with Crippen molar-refractivity contribution < 1.29 is 0 Å². The van der Waals surface area contributed by atoms with E-state index in [-0.39, 0.29) is 0 Å². The molecule has 1 aromatic rings.